The van der Waals surface area contributed by atoms with Crippen molar-refractivity contribution in [1.29, 1.82) is 0 Å². The Hall–Kier alpha value is -2.51. The molecule has 140 valence electrons. The van der Waals surface area contributed by atoms with Crippen molar-refractivity contribution >= 4 is 17.7 Å². The Morgan fingerprint density at radius 3 is 2.69 bits per heavy atom. The lowest BCUT2D eigenvalue weighted by molar-refractivity contribution is -0.151. The molecule has 0 spiro atoms. The van der Waals surface area contributed by atoms with E-state index in [4.69, 9.17) is 0 Å². The number of carboxylic acids is 1. The molecule has 0 aromatic carbocycles. The summed E-state index contributed by atoms with van der Waals surface area (Å²) in [6, 6.07) is 0. The van der Waals surface area contributed by atoms with Gasteiger partial charge < -0.3 is 10.4 Å². The minimum Gasteiger partial charge on any atom is -0.481 e. The van der Waals surface area contributed by atoms with Gasteiger partial charge in [-0.1, -0.05) is 19.3 Å². The first-order chi connectivity index (χ1) is 12.4. The minimum atomic E-state index is -0.805. The summed E-state index contributed by atoms with van der Waals surface area (Å²) in [6.07, 6.45) is 6.43. The maximum absolute atomic E-state index is 12.3. The zero-order valence-corrected chi connectivity index (χ0v) is 15.3. The predicted octanol–water partition coefficient (Wildman–Crippen LogP) is 1.83. The quantitative estimate of drug-likeness (QED) is 0.814. The molecule has 2 heterocycles. The summed E-state index contributed by atoms with van der Waals surface area (Å²) in [7, 11) is 0. The second-order valence-electron chi connectivity index (χ2n) is 7.16. The lowest BCUT2D eigenvalue weighted by atomic mass is 9.74. The Morgan fingerprint density at radius 1 is 1.27 bits per heavy atom. The highest BCUT2D eigenvalue weighted by molar-refractivity contribution is 5.79. The lowest BCUT2D eigenvalue weighted by Gasteiger charge is -2.33. The molecule has 0 radical (unpaired) electrons. The number of nitrogens with one attached hydrogen (secondary N) is 1. The molecular weight excluding hydrogens is 334 g/mol. The second kappa shape index (κ2) is 7.39. The van der Waals surface area contributed by atoms with Crippen LogP contribution in [0.15, 0.2) is 6.33 Å². The summed E-state index contributed by atoms with van der Waals surface area (Å²) in [5.74, 6) is -0.382. The fourth-order valence-electron chi connectivity index (χ4n) is 3.81. The molecule has 1 amide bonds. The van der Waals surface area contributed by atoms with Crippen LogP contribution in [0.3, 0.4) is 0 Å². The van der Waals surface area contributed by atoms with Gasteiger partial charge in [0.15, 0.2) is 0 Å². The smallest absolute Gasteiger partial charge is 0.311 e. The van der Waals surface area contributed by atoms with Gasteiger partial charge in [0, 0.05) is 24.4 Å². The monoisotopic (exact) mass is 359 g/mol. The fourth-order valence-corrected chi connectivity index (χ4v) is 3.81. The number of carboxylic acid groups (broad SMARTS) is 1. The molecule has 8 nitrogen and oxygen atoms in total. The van der Waals surface area contributed by atoms with Gasteiger partial charge in [0.25, 0.3) is 5.78 Å². The Bertz CT molecular complexity index is 824. The molecule has 1 saturated carbocycles. The number of carbonyl (C=O) groups excluding carboxylic acids is 1. The van der Waals surface area contributed by atoms with Crippen LogP contribution in [-0.4, -0.2) is 43.1 Å². The summed E-state index contributed by atoms with van der Waals surface area (Å²) in [6.45, 7) is 4.04. The fraction of sp³-hybridized carbons (Fsp3) is 0.611. The van der Waals surface area contributed by atoms with E-state index in [1.54, 1.807) is 4.52 Å². The minimum absolute atomic E-state index is 0.131. The zero-order chi connectivity index (χ0) is 18.7. The predicted molar refractivity (Wildman–Crippen MR) is 94.7 cm³/mol. The molecule has 0 bridgehead atoms. The largest absolute Gasteiger partial charge is 0.481 e. The molecule has 8 heteroatoms. The van der Waals surface area contributed by atoms with Gasteiger partial charge in [0.2, 0.25) is 5.91 Å². The van der Waals surface area contributed by atoms with Crippen LogP contribution < -0.4 is 5.32 Å². The van der Waals surface area contributed by atoms with Gasteiger partial charge in [-0.3, -0.25) is 9.59 Å². The third-order valence-electron chi connectivity index (χ3n) is 5.48. The van der Waals surface area contributed by atoms with E-state index >= 15 is 0 Å². The lowest BCUT2D eigenvalue weighted by Crippen LogP contribution is -2.44. The summed E-state index contributed by atoms with van der Waals surface area (Å²) < 4.78 is 1.67. The van der Waals surface area contributed by atoms with Crippen molar-refractivity contribution < 1.29 is 14.7 Å². The van der Waals surface area contributed by atoms with E-state index < -0.39 is 11.4 Å². The van der Waals surface area contributed by atoms with Crippen LogP contribution >= 0.6 is 0 Å². The van der Waals surface area contributed by atoms with E-state index in [2.05, 4.69) is 20.4 Å². The van der Waals surface area contributed by atoms with Crippen molar-refractivity contribution in [2.24, 2.45) is 5.41 Å². The third-order valence-corrected chi connectivity index (χ3v) is 5.48. The van der Waals surface area contributed by atoms with Crippen molar-refractivity contribution in [2.75, 3.05) is 6.54 Å². The number of rotatable bonds is 6. The highest BCUT2D eigenvalue weighted by Crippen LogP contribution is 2.36. The van der Waals surface area contributed by atoms with E-state index in [-0.39, 0.29) is 12.5 Å². The van der Waals surface area contributed by atoms with Gasteiger partial charge >= 0.3 is 5.97 Å². The number of carbonyl (C=O) groups is 2. The van der Waals surface area contributed by atoms with Gasteiger partial charge in [-0.25, -0.2) is 9.50 Å². The summed E-state index contributed by atoms with van der Waals surface area (Å²) in [5.41, 5.74) is 1.93. The van der Waals surface area contributed by atoms with E-state index in [1.807, 2.05) is 13.8 Å². The maximum Gasteiger partial charge on any atom is 0.311 e. The molecule has 3 rings (SSSR count). The molecule has 0 aliphatic heterocycles. The van der Waals surface area contributed by atoms with Gasteiger partial charge in [-0.15, -0.1) is 0 Å². The van der Waals surface area contributed by atoms with Crippen molar-refractivity contribution in [3.8, 4) is 0 Å². The third kappa shape index (κ3) is 3.54. The number of aryl methyl sites for hydroxylation is 2. The molecular formula is C18H25N5O3. The zero-order valence-electron chi connectivity index (χ0n) is 15.3. The highest BCUT2D eigenvalue weighted by atomic mass is 16.4. The van der Waals surface area contributed by atoms with Gasteiger partial charge in [0.1, 0.15) is 6.33 Å². The van der Waals surface area contributed by atoms with Crippen LogP contribution in [0.4, 0.5) is 0 Å². The molecule has 2 aromatic rings. The second-order valence-corrected chi connectivity index (χ2v) is 7.16. The molecule has 0 atom stereocenters. The molecule has 1 fully saturated rings. The Morgan fingerprint density at radius 2 is 2.00 bits per heavy atom. The summed E-state index contributed by atoms with van der Waals surface area (Å²) >= 11 is 0. The van der Waals surface area contributed by atoms with E-state index in [0.29, 0.717) is 31.5 Å². The number of fused-ring (bicyclic) bond motifs is 1. The first kappa shape index (κ1) is 18.3. The SMILES string of the molecule is Cc1nc2ncnn2c(C)c1CCC(=O)NCC1(C(=O)O)CCCCC1. The van der Waals surface area contributed by atoms with Crippen molar-refractivity contribution in [3.63, 3.8) is 0 Å². The van der Waals surface area contributed by atoms with E-state index in [9.17, 15) is 14.7 Å². The number of hydrogen-bond acceptors (Lipinski definition) is 5. The Balaban J connectivity index is 1.61. The van der Waals surface area contributed by atoms with Crippen LogP contribution in [0.5, 0.6) is 0 Å². The highest BCUT2D eigenvalue weighted by Gasteiger charge is 2.39. The standard InChI is InChI=1S/C18H25N5O3/c1-12-14(13(2)23-17(22-12)20-11-21-23)6-7-15(24)19-10-18(16(25)26)8-4-3-5-9-18/h11H,3-10H2,1-2H3,(H,19,24)(H,25,26). The summed E-state index contributed by atoms with van der Waals surface area (Å²) in [4.78, 5) is 32.5. The average molecular weight is 359 g/mol. The normalized spacial score (nSPS) is 16.5. The van der Waals surface area contributed by atoms with E-state index in [0.717, 1.165) is 36.2 Å². The van der Waals surface area contributed by atoms with Crippen LogP contribution in [0.2, 0.25) is 0 Å². The number of amides is 1. The topological polar surface area (TPSA) is 109 Å². The number of aliphatic carboxylic acids is 1. The number of nitrogens with zero attached hydrogens (tertiary/aromatic N) is 4. The molecule has 2 aromatic heterocycles. The van der Waals surface area contributed by atoms with Crippen LogP contribution in [0.25, 0.3) is 5.78 Å². The first-order valence-electron chi connectivity index (χ1n) is 9.09. The average Bonchev–Trinajstić information content (AvgIpc) is 3.09. The molecule has 2 N–H and O–H groups in total. The maximum atomic E-state index is 12.3. The van der Waals surface area contributed by atoms with Gasteiger partial charge in [-0.05, 0) is 38.7 Å². The molecule has 1 aliphatic rings. The molecule has 0 unspecified atom stereocenters. The van der Waals surface area contributed by atoms with Crippen LogP contribution in [0, 0.1) is 19.3 Å². The van der Waals surface area contributed by atoms with Crippen molar-refractivity contribution in [3.05, 3.63) is 23.3 Å². The molecule has 1 aliphatic carbocycles. The molecule has 26 heavy (non-hydrogen) atoms. The molecule has 0 saturated heterocycles. The van der Waals surface area contributed by atoms with Crippen molar-refractivity contribution in [1.82, 2.24) is 24.9 Å². The summed E-state index contributed by atoms with van der Waals surface area (Å²) in [5, 5.41) is 16.6. The Labute approximate surface area is 152 Å². The number of aromatic nitrogens is 4. The van der Waals surface area contributed by atoms with E-state index in [1.165, 1.54) is 6.33 Å². The van der Waals surface area contributed by atoms with Gasteiger partial charge in [-0.2, -0.15) is 10.1 Å². The van der Waals surface area contributed by atoms with Crippen molar-refractivity contribution in [2.45, 2.75) is 58.8 Å². The van der Waals surface area contributed by atoms with Crippen LogP contribution in [0.1, 0.15) is 55.5 Å². The van der Waals surface area contributed by atoms with Crippen LogP contribution in [-0.2, 0) is 16.0 Å². The van der Waals surface area contributed by atoms with Gasteiger partial charge in [0.05, 0.1) is 5.41 Å². The Kier molecular flexibility index (Phi) is 5.20. The number of hydrogen-bond donors (Lipinski definition) is 2. The first-order valence-corrected chi connectivity index (χ1v) is 9.09.